The Kier molecular flexibility index (Phi) is 3.41. The maximum atomic E-state index is 6.46. The van der Waals surface area contributed by atoms with Gasteiger partial charge >= 0.3 is 0 Å². The van der Waals surface area contributed by atoms with E-state index in [9.17, 15) is 0 Å². The fourth-order valence-corrected chi connectivity index (χ4v) is 3.74. The summed E-state index contributed by atoms with van der Waals surface area (Å²) in [5.41, 5.74) is 6.80. The molecule has 3 nitrogen and oxygen atoms in total. The van der Waals surface area contributed by atoms with Crippen molar-refractivity contribution in [1.29, 1.82) is 0 Å². The van der Waals surface area contributed by atoms with Gasteiger partial charge in [0, 0.05) is 44.8 Å². The van der Waals surface area contributed by atoms with Crippen LogP contribution in [0.4, 0.5) is 0 Å². The molecular formula is C15H29N3. The third kappa shape index (κ3) is 2.59. The van der Waals surface area contributed by atoms with Crippen molar-refractivity contribution in [3.63, 3.8) is 0 Å². The topological polar surface area (TPSA) is 32.5 Å². The number of nitrogens with zero attached hydrogens (tertiary/aromatic N) is 2. The van der Waals surface area contributed by atoms with Gasteiger partial charge in [-0.1, -0.05) is 13.8 Å². The Morgan fingerprint density at radius 1 is 1.06 bits per heavy atom. The summed E-state index contributed by atoms with van der Waals surface area (Å²) in [6.07, 6.45) is 5.54. The summed E-state index contributed by atoms with van der Waals surface area (Å²) in [6, 6.07) is 1.01. The van der Waals surface area contributed by atoms with Crippen LogP contribution in [0.3, 0.4) is 0 Å². The highest BCUT2D eigenvalue weighted by molar-refractivity contribution is 5.00. The molecule has 1 aliphatic heterocycles. The summed E-state index contributed by atoms with van der Waals surface area (Å²) in [5.74, 6) is 1.03. The average Bonchev–Trinajstić information content (AvgIpc) is 3.10. The van der Waals surface area contributed by atoms with Crippen LogP contribution in [0.2, 0.25) is 0 Å². The van der Waals surface area contributed by atoms with Crippen LogP contribution in [-0.2, 0) is 0 Å². The van der Waals surface area contributed by atoms with Gasteiger partial charge in [0.05, 0.1) is 0 Å². The maximum Gasteiger partial charge on any atom is 0.0253 e. The predicted molar refractivity (Wildman–Crippen MR) is 75.5 cm³/mol. The molecule has 2 aliphatic carbocycles. The third-order valence-corrected chi connectivity index (χ3v) is 5.49. The first-order valence-electron chi connectivity index (χ1n) is 7.78. The molecule has 3 rings (SSSR count). The molecule has 0 bridgehead atoms. The molecule has 0 aromatic rings. The number of hydrogen-bond acceptors (Lipinski definition) is 3. The fraction of sp³-hybridized carbons (Fsp3) is 1.00. The Hall–Kier alpha value is -0.120. The number of hydrogen-bond donors (Lipinski definition) is 1. The first kappa shape index (κ1) is 12.9. The van der Waals surface area contributed by atoms with Crippen molar-refractivity contribution in [3.05, 3.63) is 0 Å². The van der Waals surface area contributed by atoms with Gasteiger partial charge in [0.1, 0.15) is 0 Å². The van der Waals surface area contributed by atoms with Crippen molar-refractivity contribution in [2.75, 3.05) is 32.7 Å². The van der Waals surface area contributed by atoms with Crippen LogP contribution >= 0.6 is 0 Å². The lowest BCUT2D eigenvalue weighted by Crippen LogP contribution is -2.55. The molecule has 104 valence electrons. The highest BCUT2D eigenvalue weighted by Gasteiger charge is 2.42. The minimum absolute atomic E-state index is 0.343. The van der Waals surface area contributed by atoms with Crippen LogP contribution in [0.1, 0.15) is 39.5 Å². The first-order chi connectivity index (χ1) is 8.56. The number of piperazine rings is 1. The Balaban J connectivity index is 1.50. The number of rotatable bonds is 3. The van der Waals surface area contributed by atoms with E-state index in [-0.39, 0.29) is 0 Å². The van der Waals surface area contributed by atoms with Crippen LogP contribution in [-0.4, -0.2) is 54.6 Å². The normalized spacial score (nSPS) is 38.2. The lowest BCUT2D eigenvalue weighted by Gasteiger charge is -2.40. The van der Waals surface area contributed by atoms with Gasteiger partial charge in [-0.25, -0.2) is 0 Å². The zero-order valence-electron chi connectivity index (χ0n) is 12.1. The second kappa shape index (κ2) is 4.77. The molecule has 2 N–H and O–H groups in total. The third-order valence-electron chi connectivity index (χ3n) is 5.49. The molecule has 0 aromatic heterocycles. The van der Waals surface area contributed by atoms with E-state index in [0.29, 0.717) is 17.5 Å². The van der Waals surface area contributed by atoms with Crippen molar-refractivity contribution in [2.45, 2.75) is 51.6 Å². The lowest BCUT2D eigenvalue weighted by molar-refractivity contribution is 0.0823. The summed E-state index contributed by atoms with van der Waals surface area (Å²) in [4.78, 5) is 5.34. The van der Waals surface area contributed by atoms with E-state index >= 15 is 0 Å². The van der Waals surface area contributed by atoms with Gasteiger partial charge < -0.3 is 10.6 Å². The Morgan fingerprint density at radius 3 is 2.22 bits per heavy atom. The van der Waals surface area contributed by atoms with E-state index in [1.54, 1.807) is 0 Å². The molecule has 1 saturated heterocycles. The Morgan fingerprint density at radius 2 is 1.72 bits per heavy atom. The molecule has 2 unspecified atom stereocenters. The molecule has 3 aliphatic rings. The fourth-order valence-electron chi connectivity index (χ4n) is 3.74. The van der Waals surface area contributed by atoms with Gasteiger partial charge in [0.2, 0.25) is 0 Å². The molecule has 18 heavy (non-hydrogen) atoms. The van der Waals surface area contributed by atoms with Gasteiger partial charge in [-0.15, -0.1) is 0 Å². The van der Waals surface area contributed by atoms with Crippen molar-refractivity contribution >= 4 is 0 Å². The summed E-state index contributed by atoms with van der Waals surface area (Å²) in [5, 5.41) is 0. The zero-order valence-corrected chi connectivity index (χ0v) is 12.1. The maximum absolute atomic E-state index is 6.46. The quantitative estimate of drug-likeness (QED) is 0.825. The standard InChI is InChI=1S/C15H29N3/c1-15(2)6-5-13(14(15)16)18-9-7-17(8-10-18)11-12-3-4-12/h12-14H,3-11,16H2,1-2H3. The summed E-state index contributed by atoms with van der Waals surface area (Å²) >= 11 is 0. The van der Waals surface area contributed by atoms with E-state index in [1.165, 1.54) is 58.4 Å². The van der Waals surface area contributed by atoms with Crippen LogP contribution in [0.5, 0.6) is 0 Å². The predicted octanol–water partition coefficient (Wildman–Crippen LogP) is 1.53. The van der Waals surface area contributed by atoms with E-state index in [4.69, 9.17) is 5.73 Å². The molecule has 3 heteroatoms. The van der Waals surface area contributed by atoms with Crippen LogP contribution in [0, 0.1) is 11.3 Å². The van der Waals surface area contributed by atoms with E-state index in [1.807, 2.05) is 0 Å². The minimum Gasteiger partial charge on any atom is -0.326 e. The van der Waals surface area contributed by atoms with Crippen LogP contribution < -0.4 is 5.73 Å². The largest absolute Gasteiger partial charge is 0.326 e. The molecule has 0 spiro atoms. The smallest absolute Gasteiger partial charge is 0.0253 e. The molecule has 2 atom stereocenters. The van der Waals surface area contributed by atoms with Crippen molar-refractivity contribution in [2.24, 2.45) is 17.1 Å². The highest BCUT2D eigenvalue weighted by Crippen LogP contribution is 2.39. The average molecular weight is 251 g/mol. The molecular weight excluding hydrogens is 222 g/mol. The van der Waals surface area contributed by atoms with Crippen LogP contribution in [0.25, 0.3) is 0 Å². The molecule has 3 fully saturated rings. The molecule has 0 radical (unpaired) electrons. The van der Waals surface area contributed by atoms with E-state index < -0.39 is 0 Å². The second-order valence-electron chi connectivity index (χ2n) is 7.40. The Bertz CT molecular complexity index is 290. The monoisotopic (exact) mass is 251 g/mol. The summed E-state index contributed by atoms with van der Waals surface area (Å²) in [6.45, 7) is 11.0. The van der Waals surface area contributed by atoms with Crippen LogP contribution in [0.15, 0.2) is 0 Å². The SMILES string of the molecule is CC1(C)CCC(N2CCN(CC3CC3)CC2)C1N. The van der Waals surface area contributed by atoms with Crippen molar-refractivity contribution < 1.29 is 0 Å². The molecule has 1 heterocycles. The minimum atomic E-state index is 0.343. The Labute approximate surface area is 112 Å². The van der Waals surface area contributed by atoms with E-state index in [0.717, 1.165) is 5.92 Å². The second-order valence-corrected chi connectivity index (χ2v) is 7.40. The van der Waals surface area contributed by atoms with E-state index in [2.05, 4.69) is 23.6 Å². The van der Waals surface area contributed by atoms with Gasteiger partial charge in [-0.2, -0.15) is 0 Å². The lowest BCUT2D eigenvalue weighted by atomic mass is 9.87. The molecule has 0 amide bonds. The van der Waals surface area contributed by atoms with Gasteiger partial charge in [0.25, 0.3) is 0 Å². The first-order valence-corrected chi connectivity index (χ1v) is 7.78. The van der Waals surface area contributed by atoms with Crippen molar-refractivity contribution in [3.8, 4) is 0 Å². The van der Waals surface area contributed by atoms with Gasteiger partial charge in [-0.3, -0.25) is 4.90 Å². The highest BCUT2D eigenvalue weighted by atomic mass is 15.3. The summed E-state index contributed by atoms with van der Waals surface area (Å²) in [7, 11) is 0. The zero-order chi connectivity index (χ0) is 12.8. The summed E-state index contributed by atoms with van der Waals surface area (Å²) < 4.78 is 0. The number of nitrogens with two attached hydrogens (primary N) is 1. The molecule has 0 aromatic carbocycles. The van der Waals surface area contributed by atoms with Gasteiger partial charge in [0.15, 0.2) is 0 Å². The molecule has 2 saturated carbocycles. The van der Waals surface area contributed by atoms with Gasteiger partial charge in [-0.05, 0) is 37.0 Å². The van der Waals surface area contributed by atoms with Crippen molar-refractivity contribution in [1.82, 2.24) is 9.80 Å².